The van der Waals surface area contributed by atoms with Gasteiger partial charge in [0.15, 0.2) is 5.69 Å². The third kappa shape index (κ3) is 2.93. The molecule has 1 aromatic heterocycles. The lowest BCUT2D eigenvalue weighted by Crippen LogP contribution is -2.04. The molecule has 1 heterocycles. The van der Waals surface area contributed by atoms with Crippen molar-refractivity contribution in [1.29, 1.82) is 0 Å². The molecule has 0 aliphatic heterocycles. The molecule has 0 amide bonds. The van der Waals surface area contributed by atoms with Crippen molar-refractivity contribution in [3.63, 3.8) is 0 Å². The Balaban J connectivity index is 2.79. The van der Waals surface area contributed by atoms with Crippen molar-refractivity contribution in [1.82, 2.24) is 9.78 Å². The fraction of sp³-hybridized carbons (Fsp3) is 0.667. The lowest BCUT2D eigenvalue weighted by molar-refractivity contribution is -0.385. The van der Waals surface area contributed by atoms with Crippen LogP contribution in [0.3, 0.4) is 0 Å². The van der Waals surface area contributed by atoms with Gasteiger partial charge in [-0.25, -0.2) is 0 Å². The third-order valence-electron chi connectivity index (χ3n) is 1.90. The summed E-state index contributed by atoms with van der Waals surface area (Å²) in [5, 5.41) is 14.7. The normalized spacial score (nSPS) is 11.1. The molecule has 6 nitrogen and oxygen atoms in total. The summed E-state index contributed by atoms with van der Waals surface area (Å²) in [6.45, 7) is 4.64. The number of hydrogen-bond acceptors (Lipinski definition) is 4. The van der Waals surface area contributed by atoms with Gasteiger partial charge >= 0.3 is 5.69 Å². The Bertz CT molecular complexity index is 390. The van der Waals surface area contributed by atoms with Gasteiger partial charge in [0.1, 0.15) is 0 Å². The molecule has 0 aliphatic rings. The summed E-state index contributed by atoms with van der Waals surface area (Å²) < 4.78 is 6.57. The van der Waals surface area contributed by atoms with Gasteiger partial charge in [0.25, 0.3) is 0 Å². The Morgan fingerprint density at radius 3 is 2.75 bits per heavy atom. The second-order valence-corrected chi connectivity index (χ2v) is 4.23. The van der Waals surface area contributed by atoms with Gasteiger partial charge in [0.2, 0.25) is 5.15 Å². The minimum Gasteiger partial charge on any atom is -0.375 e. The van der Waals surface area contributed by atoms with E-state index in [2.05, 4.69) is 5.10 Å². The van der Waals surface area contributed by atoms with Crippen molar-refractivity contribution in [3.05, 3.63) is 21.0 Å². The molecule has 0 atom stereocenters. The Hall–Kier alpha value is -1.14. The van der Waals surface area contributed by atoms with Crippen molar-refractivity contribution in [2.24, 2.45) is 13.0 Å². The van der Waals surface area contributed by atoms with E-state index in [1.165, 1.54) is 4.68 Å². The SMILES string of the molecule is CC(C)COCc1nn(C)c(Cl)c1[N+](=O)[O-]. The average Bonchev–Trinajstić information content (AvgIpc) is 2.42. The standard InChI is InChI=1S/C9H14ClN3O3/c1-6(2)4-16-5-7-8(13(14)15)9(10)12(3)11-7/h6H,4-5H2,1-3H3. The van der Waals surface area contributed by atoms with Gasteiger partial charge in [-0.05, 0) is 5.92 Å². The van der Waals surface area contributed by atoms with Crippen LogP contribution in [0.4, 0.5) is 5.69 Å². The van der Waals surface area contributed by atoms with E-state index in [4.69, 9.17) is 16.3 Å². The fourth-order valence-corrected chi connectivity index (χ4v) is 1.43. The fourth-order valence-electron chi connectivity index (χ4n) is 1.21. The highest BCUT2D eigenvalue weighted by atomic mass is 35.5. The number of nitro groups is 1. The van der Waals surface area contributed by atoms with Gasteiger partial charge in [-0.2, -0.15) is 5.10 Å². The van der Waals surface area contributed by atoms with Crippen molar-refractivity contribution in [2.45, 2.75) is 20.5 Å². The van der Waals surface area contributed by atoms with Crippen LogP contribution in [0.2, 0.25) is 5.15 Å². The summed E-state index contributed by atoms with van der Waals surface area (Å²) in [6, 6.07) is 0. The molecule has 1 aromatic rings. The zero-order chi connectivity index (χ0) is 12.3. The summed E-state index contributed by atoms with van der Waals surface area (Å²) in [7, 11) is 1.56. The molecule has 0 bridgehead atoms. The van der Waals surface area contributed by atoms with Crippen molar-refractivity contribution >= 4 is 17.3 Å². The maximum Gasteiger partial charge on any atom is 0.331 e. The molecule has 0 spiro atoms. The van der Waals surface area contributed by atoms with E-state index in [1.54, 1.807) is 7.05 Å². The zero-order valence-corrected chi connectivity index (χ0v) is 10.2. The van der Waals surface area contributed by atoms with Crippen LogP contribution in [0.25, 0.3) is 0 Å². The Labute approximate surface area is 98.3 Å². The maximum atomic E-state index is 10.8. The van der Waals surface area contributed by atoms with Gasteiger partial charge in [-0.3, -0.25) is 14.8 Å². The van der Waals surface area contributed by atoms with E-state index < -0.39 is 4.92 Å². The second kappa shape index (κ2) is 5.27. The lowest BCUT2D eigenvalue weighted by atomic mass is 10.2. The van der Waals surface area contributed by atoms with E-state index in [0.29, 0.717) is 12.5 Å². The zero-order valence-electron chi connectivity index (χ0n) is 9.44. The molecular formula is C9H14ClN3O3. The largest absolute Gasteiger partial charge is 0.375 e. The van der Waals surface area contributed by atoms with Crippen LogP contribution in [-0.4, -0.2) is 21.3 Å². The Kier molecular flexibility index (Phi) is 4.26. The third-order valence-corrected chi connectivity index (χ3v) is 2.32. The molecule has 1 rings (SSSR count). The summed E-state index contributed by atoms with van der Waals surface area (Å²) in [6.07, 6.45) is 0. The molecule has 0 saturated heterocycles. The second-order valence-electron chi connectivity index (χ2n) is 3.88. The van der Waals surface area contributed by atoms with E-state index in [1.807, 2.05) is 13.8 Å². The highest BCUT2D eigenvalue weighted by molar-refractivity contribution is 6.31. The average molecular weight is 248 g/mol. The smallest absolute Gasteiger partial charge is 0.331 e. The van der Waals surface area contributed by atoms with Crippen LogP contribution in [0.15, 0.2) is 0 Å². The quantitative estimate of drug-likeness (QED) is 0.590. The van der Waals surface area contributed by atoms with E-state index >= 15 is 0 Å². The van der Waals surface area contributed by atoms with Crippen molar-refractivity contribution < 1.29 is 9.66 Å². The number of aryl methyl sites for hydroxylation is 1. The highest BCUT2D eigenvalue weighted by Crippen LogP contribution is 2.27. The van der Waals surface area contributed by atoms with Gasteiger partial charge < -0.3 is 4.74 Å². The highest BCUT2D eigenvalue weighted by Gasteiger charge is 2.25. The number of ether oxygens (including phenoxy) is 1. The van der Waals surface area contributed by atoms with Crippen LogP contribution < -0.4 is 0 Å². The Morgan fingerprint density at radius 1 is 1.62 bits per heavy atom. The number of halogens is 1. The Morgan fingerprint density at radius 2 is 2.25 bits per heavy atom. The number of rotatable bonds is 5. The molecule has 0 N–H and O–H groups in total. The number of nitrogens with zero attached hydrogens (tertiary/aromatic N) is 3. The molecule has 0 unspecified atom stereocenters. The van der Waals surface area contributed by atoms with Crippen LogP contribution in [0.1, 0.15) is 19.5 Å². The molecule has 16 heavy (non-hydrogen) atoms. The van der Waals surface area contributed by atoms with Crippen molar-refractivity contribution in [2.75, 3.05) is 6.61 Å². The van der Waals surface area contributed by atoms with Gasteiger partial charge in [0.05, 0.1) is 11.5 Å². The van der Waals surface area contributed by atoms with Gasteiger partial charge in [-0.1, -0.05) is 25.4 Å². The van der Waals surface area contributed by atoms with Crippen LogP contribution in [0.5, 0.6) is 0 Å². The van der Waals surface area contributed by atoms with E-state index in [-0.39, 0.29) is 23.1 Å². The molecule has 0 aromatic carbocycles. The van der Waals surface area contributed by atoms with Crippen LogP contribution in [-0.2, 0) is 18.4 Å². The van der Waals surface area contributed by atoms with Gasteiger partial charge in [0, 0.05) is 13.7 Å². The van der Waals surface area contributed by atoms with Crippen LogP contribution >= 0.6 is 11.6 Å². The first kappa shape index (κ1) is 12.9. The first-order valence-electron chi connectivity index (χ1n) is 4.87. The molecule has 7 heteroatoms. The van der Waals surface area contributed by atoms with E-state index in [9.17, 15) is 10.1 Å². The van der Waals surface area contributed by atoms with Gasteiger partial charge in [-0.15, -0.1) is 0 Å². The predicted octanol–water partition coefficient (Wildman–Crippen LogP) is 2.15. The maximum absolute atomic E-state index is 10.8. The van der Waals surface area contributed by atoms with Crippen LogP contribution in [0, 0.1) is 16.0 Å². The lowest BCUT2D eigenvalue weighted by Gasteiger charge is -2.04. The number of aromatic nitrogens is 2. The summed E-state index contributed by atoms with van der Waals surface area (Å²) in [5.74, 6) is 0.373. The molecule has 0 saturated carbocycles. The molecule has 90 valence electrons. The summed E-state index contributed by atoms with van der Waals surface area (Å²) in [5.41, 5.74) is 0.0890. The molecule has 0 radical (unpaired) electrons. The predicted molar refractivity (Wildman–Crippen MR) is 59.4 cm³/mol. The first-order chi connectivity index (χ1) is 7.43. The molecule has 0 aliphatic carbocycles. The minimum atomic E-state index is -0.538. The molecule has 0 fully saturated rings. The molecular weight excluding hydrogens is 234 g/mol. The summed E-state index contributed by atoms with van der Waals surface area (Å²) in [4.78, 5) is 10.2. The summed E-state index contributed by atoms with van der Waals surface area (Å²) >= 11 is 5.75. The van der Waals surface area contributed by atoms with Crippen molar-refractivity contribution in [3.8, 4) is 0 Å². The monoisotopic (exact) mass is 247 g/mol. The first-order valence-corrected chi connectivity index (χ1v) is 5.24. The topological polar surface area (TPSA) is 70.2 Å². The van der Waals surface area contributed by atoms with E-state index in [0.717, 1.165) is 0 Å². The number of hydrogen-bond donors (Lipinski definition) is 0. The minimum absolute atomic E-state index is 0.0214.